The molecule has 0 unspecified atom stereocenters. The fourth-order valence-corrected chi connectivity index (χ4v) is 5.22. The van der Waals surface area contributed by atoms with Crippen LogP contribution >= 0.6 is 69.6 Å². The second kappa shape index (κ2) is 9.95. The van der Waals surface area contributed by atoms with Crippen molar-refractivity contribution < 1.29 is 4.12 Å². The molecule has 0 atom stereocenters. The number of hydrogen-bond donors (Lipinski definition) is 0. The summed E-state index contributed by atoms with van der Waals surface area (Å²) in [5.74, 6) is 0. The van der Waals surface area contributed by atoms with Gasteiger partial charge in [0.2, 0.25) is 0 Å². The summed E-state index contributed by atoms with van der Waals surface area (Å²) in [6.45, 7) is 2.17. The molecule has 0 spiro atoms. The first kappa shape index (κ1) is 19.1. The lowest BCUT2D eigenvalue weighted by Crippen LogP contribution is -2.52. The summed E-state index contributed by atoms with van der Waals surface area (Å²) in [5.41, 5.74) is 0. The van der Waals surface area contributed by atoms with Gasteiger partial charge in [0.1, 0.15) is 20.2 Å². The van der Waals surface area contributed by atoms with Crippen LogP contribution in [0, 0.1) is 0 Å². The molecule has 1 fully saturated rings. The standard InChI is InChI=1S/C6H6Cl6.C2H10OSi2/c7-1-2(8)4(10)6(12)5(11)3(1)9;1-2-5-3-4/h1-6H;2,5H2,1,4H3. The monoisotopic (exact) mass is 394 g/mol. The third kappa shape index (κ3) is 5.96. The van der Waals surface area contributed by atoms with Crippen LogP contribution in [0.15, 0.2) is 0 Å². The highest BCUT2D eigenvalue weighted by molar-refractivity contribution is 6.45. The lowest BCUT2D eigenvalue weighted by molar-refractivity contribution is 0.544. The number of hydrogen-bond acceptors (Lipinski definition) is 1. The summed E-state index contributed by atoms with van der Waals surface area (Å²) < 4.78 is 4.97. The summed E-state index contributed by atoms with van der Waals surface area (Å²) in [5, 5.41) is -2.62. The van der Waals surface area contributed by atoms with Gasteiger partial charge in [0.25, 0.3) is 0 Å². The van der Waals surface area contributed by atoms with Crippen molar-refractivity contribution in [2.75, 3.05) is 0 Å². The minimum atomic E-state index is -0.437. The van der Waals surface area contributed by atoms with Crippen LogP contribution in [-0.2, 0) is 4.12 Å². The summed E-state index contributed by atoms with van der Waals surface area (Å²) >= 11 is 35.3. The molecule has 17 heavy (non-hydrogen) atoms. The van der Waals surface area contributed by atoms with E-state index in [1.807, 2.05) is 0 Å². The predicted molar refractivity (Wildman–Crippen MR) is 87.9 cm³/mol. The third-order valence-electron chi connectivity index (χ3n) is 2.23. The molecule has 0 aromatic carbocycles. The molecule has 0 heterocycles. The van der Waals surface area contributed by atoms with Crippen molar-refractivity contribution in [1.82, 2.24) is 0 Å². The third-order valence-corrected chi connectivity index (χ3v) is 8.31. The molecule has 1 nitrogen and oxygen atoms in total. The fraction of sp³-hybridized carbons (Fsp3) is 1.00. The Balaban J connectivity index is 0.000000437. The number of alkyl halides is 6. The van der Waals surface area contributed by atoms with Crippen LogP contribution in [0.25, 0.3) is 0 Å². The van der Waals surface area contributed by atoms with Gasteiger partial charge in [-0.15, -0.1) is 69.6 Å². The highest BCUT2D eigenvalue weighted by Crippen LogP contribution is 2.39. The molecule has 0 amide bonds. The molecular formula is C8H16Cl6OSi2. The fourth-order valence-electron chi connectivity index (χ4n) is 1.26. The van der Waals surface area contributed by atoms with Gasteiger partial charge in [-0.25, -0.2) is 0 Å². The van der Waals surface area contributed by atoms with Gasteiger partial charge in [-0.2, -0.15) is 0 Å². The van der Waals surface area contributed by atoms with Crippen molar-refractivity contribution >= 4 is 89.9 Å². The quantitative estimate of drug-likeness (QED) is 0.514. The first-order valence-corrected chi connectivity index (χ1v) is 10.2. The SMILES string of the molecule is CC[SiH2]O[SiH3].ClC1C(Cl)C(Cl)C(Cl)C(Cl)C1Cl. The molecule has 0 N–H and O–H groups in total. The molecule has 1 rings (SSSR count). The summed E-state index contributed by atoms with van der Waals surface area (Å²) in [6.07, 6.45) is 0. The Morgan fingerprint density at radius 1 is 0.824 bits per heavy atom. The highest BCUT2D eigenvalue weighted by Gasteiger charge is 2.46. The molecule has 0 radical (unpaired) electrons. The Morgan fingerprint density at radius 3 is 1.12 bits per heavy atom. The van der Waals surface area contributed by atoms with Crippen molar-refractivity contribution in [3.8, 4) is 0 Å². The molecule has 0 aromatic heterocycles. The van der Waals surface area contributed by atoms with Crippen LogP contribution in [0.2, 0.25) is 6.04 Å². The van der Waals surface area contributed by atoms with E-state index in [1.54, 1.807) is 0 Å². The van der Waals surface area contributed by atoms with Crippen molar-refractivity contribution in [3.05, 3.63) is 0 Å². The second-order valence-corrected chi connectivity index (χ2v) is 10.4. The Kier molecular flexibility index (Phi) is 11.2. The maximum atomic E-state index is 5.88. The Bertz CT molecular complexity index is 152. The minimum absolute atomic E-state index is 0.00617. The molecule has 0 bridgehead atoms. The van der Waals surface area contributed by atoms with Crippen LogP contribution in [-0.4, -0.2) is 52.5 Å². The van der Waals surface area contributed by atoms with E-state index in [0.29, 0.717) is 0 Å². The lowest BCUT2D eigenvalue weighted by Gasteiger charge is -2.37. The smallest absolute Gasteiger partial charge is 0.145 e. The zero-order valence-corrected chi connectivity index (χ0v) is 17.5. The maximum Gasteiger partial charge on any atom is 0.145 e. The van der Waals surface area contributed by atoms with Gasteiger partial charge in [-0.1, -0.05) is 6.92 Å². The predicted octanol–water partition coefficient (Wildman–Crippen LogP) is 2.45. The molecule has 0 aliphatic heterocycles. The van der Waals surface area contributed by atoms with Crippen LogP contribution < -0.4 is 0 Å². The summed E-state index contributed by atoms with van der Waals surface area (Å²) in [6, 6.07) is 1.30. The molecule has 9 heteroatoms. The van der Waals surface area contributed by atoms with E-state index in [4.69, 9.17) is 73.7 Å². The molecular weight excluding hydrogens is 381 g/mol. The van der Waals surface area contributed by atoms with Gasteiger partial charge in [0.05, 0.1) is 32.3 Å². The summed E-state index contributed by atoms with van der Waals surface area (Å²) in [4.78, 5) is 0. The first-order valence-electron chi connectivity index (χ1n) is 5.21. The molecule has 1 aliphatic carbocycles. The second-order valence-electron chi connectivity index (χ2n) is 3.66. The van der Waals surface area contributed by atoms with E-state index in [0.717, 1.165) is 10.5 Å². The van der Waals surface area contributed by atoms with Gasteiger partial charge in [-0.3, -0.25) is 0 Å². The maximum absolute atomic E-state index is 5.88. The Morgan fingerprint density at radius 2 is 1.06 bits per heavy atom. The van der Waals surface area contributed by atoms with E-state index in [1.165, 1.54) is 6.04 Å². The van der Waals surface area contributed by atoms with E-state index in [2.05, 4.69) is 6.92 Å². The zero-order chi connectivity index (χ0) is 13.6. The average molecular weight is 397 g/mol. The largest absolute Gasteiger partial charge is 0.468 e. The normalized spacial score (nSPS) is 42.5. The topological polar surface area (TPSA) is 9.23 Å². The van der Waals surface area contributed by atoms with Crippen molar-refractivity contribution in [2.45, 2.75) is 45.2 Å². The number of halogens is 6. The van der Waals surface area contributed by atoms with Crippen LogP contribution in [0.3, 0.4) is 0 Å². The number of rotatable bonds is 2. The molecule has 104 valence electrons. The van der Waals surface area contributed by atoms with E-state index in [-0.39, 0.29) is 9.76 Å². The lowest BCUT2D eigenvalue weighted by atomic mass is 9.97. The summed E-state index contributed by atoms with van der Waals surface area (Å²) in [7, 11) is 0.954. The van der Waals surface area contributed by atoms with Gasteiger partial charge in [-0.05, 0) is 6.04 Å². The Labute approximate surface area is 138 Å². The minimum Gasteiger partial charge on any atom is -0.468 e. The van der Waals surface area contributed by atoms with Gasteiger partial charge >= 0.3 is 0 Å². The average Bonchev–Trinajstić information content (AvgIpc) is 2.33. The van der Waals surface area contributed by atoms with Crippen molar-refractivity contribution in [3.63, 3.8) is 0 Å². The van der Waals surface area contributed by atoms with E-state index < -0.39 is 32.3 Å². The molecule has 1 aliphatic rings. The van der Waals surface area contributed by atoms with Gasteiger partial charge in [0.15, 0.2) is 0 Å². The zero-order valence-electron chi connectivity index (χ0n) is 9.55. The van der Waals surface area contributed by atoms with Crippen LogP contribution in [0.1, 0.15) is 6.92 Å². The first-order chi connectivity index (χ1) is 7.88. The molecule has 0 saturated heterocycles. The van der Waals surface area contributed by atoms with Gasteiger partial charge in [0, 0.05) is 0 Å². The highest BCUT2D eigenvalue weighted by atomic mass is 35.5. The van der Waals surface area contributed by atoms with E-state index >= 15 is 0 Å². The van der Waals surface area contributed by atoms with Gasteiger partial charge < -0.3 is 4.12 Å². The van der Waals surface area contributed by atoms with E-state index in [9.17, 15) is 0 Å². The molecule has 1 saturated carbocycles. The van der Waals surface area contributed by atoms with Crippen molar-refractivity contribution in [2.24, 2.45) is 0 Å². The van der Waals surface area contributed by atoms with Crippen LogP contribution in [0.5, 0.6) is 0 Å². The van der Waals surface area contributed by atoms with Crippen LogP contribution in [0.4, 0.5) is 0 Å². The van der Waals surface area contributed by atoms with Crippen molar-refractivity contribution in [1.29, 1.82) is 0 Å². The molecule has 0 aromatic rings. The Hall–Kier alpha value is 2.13.